The zero-order valence-corrected chi connectivity index (χ0v) is 12.2. The fourth-order valence-electron chi connectivity index (χ4n) is 1.88. The van der Waals surface area contributed by atoms with Crippen molar-refractivity contribution >= 4 is 17.5 Å². The molecule has 0 aliphatic heterocycles. The molecule has 0 atom stereocenters. The fourth-order valence-corrected chi connectivity index (χ4v) is 2.09. The molecule has 0 saturated heterocycles. The predicted molar refractivity (Wildman–Crippen MR) is 78.4 cm³/mol. The predicted octanol–water partition coefficient (Wildman–Crippen LogP) is 3.20. The first-order valence-electron chi connectivity index (χ1n) is 6.17. The topological polar surface area (TPSA) is 39.1 Å². The second-order valence-electron chi connectivity index (χ2n) is 4.45. The molecule has 5 heteroatoms. The van der Waals surface area contributed by atoms with Crippen molar-refractivity contribution in [2.24, 2.45) is 0 Å². The number of aromatic nitrogens is 2. The first kappa shape index (κ1) is 13.9. The number of imidazole rings is 1. The monoisotopic (exact) mass is 279 g/mol. The first-order valence-corrected chi connectivity index (χ1v) is 6.55. The van der Waals surface area contributed by atoms with Crippen LogP contribution >= 0.6 is 11.6 Å². The van der Waals surface area contributed by atoms with Gasteiger partial charge in [0.1, 0.15) is 0 Å². The van der Waals surface area contributed by atoms with Crippen LogP contribution in [0.3, 0.4) is 0 Å². The van der Waals surface area contributed by atoms with Crippen LogP contribution in [0.15, 0.2) is 24.4 Å². The van der Waals surface area contributed by atoms with Crippen LogP contribution in [0.5, 0.6) is 0 Å². The van der Waals surface area contributed by atoms with E-state index in [9.17, 15) is 0 Å². The van der Waals surface area contributed by atoms with Gasteiger partial charge in [-0.05, 0) is 31.5 Å². The highest BCUT2D eigenvalue weighted by molar-refractivity contribution is 6.32. The Hall–Kier alpha value is -1.52. The minimum atomic E-state index is 0.632. The van der Waals surface area contributed by atoms with E-state index in [1.165, 1.54) is 0 Å². The SMILES string of the molecule is COCCNc1nc(C)cn1-c1cc(C)ccc1Cl. The molecule has 2 aromatic rings. The number of benzene rings is 1. The van der Waals surface area contributed by atoms with Crippen molar-refractivity contribution in [2.45, 2.75) is 13.8 Å². The zero-order valence-electron chi connectivity index (χ0n) is 11.4. The van der Waals surface area contributed by atoms with Gasteiger partial charge in [0, 0.05) is 19.9 Å². The summed E-state index contributed by atoms with van der Waals surface area (Å²) in [6.45, 7) is 5.34. The van der Waals surface area contributed by atoms with Gasteiger partial charge in [-0.25, -0.2) is 4.98 Å². The lowest BCUT2D eigenvalue weighted by molar-refractivity contribution is 0.210. The number of ether oxygens (including phenoxy) is 1. The third-order valence-corrected chi connectivity index (χ3v) is 3.10. The molecule has 1 N–H and O–H groups in total. The number of anilines is 1. The number of nitrogens with one attached hydrogen (secondary N) is 1. The van der Waals surface area contributed by atoms with Gasteiger partial charge in [0.15, 0.2) is 0 Å². The lowest BCUT2D eigenvalue weighted by atomic mass is 10.2. The van der Waals surface area contributed by atoms with Crippen LogP contribution in [0.25, 0.3) is 5.69 Å². The summed E-state index contributed by atoms with van der Waals surface area (Å²) in [5, 5.41) is 3.95. The number of hydrogen-bond acceptors (Lipinski definition) is 3. The summed E-state index contributed by atoms with van der Waals surface area (Å²) in [5.74, 6) is 0.780. The third-order valence-electron chi connectivity index (χ3n) is 2.78. The normalized spacial score (nSPS) is 10.7. The minimum absolute atomic E-state index is 0.632. The number of aryl methyl sites for hydroxylation is 2. The van der Waals surface area contributed by atoms with Crippen molar-refractivity contribution < 1.29 is 4.74 Å². The molecule has 0 amide bonds. The summed E-state index contributed by atoms with van der Waals surface area (Å²) >= 11 is 6.27. The second kappa shape index (κ2) is 6.08. The smallest absolute Gasteiger partial charge is 0.207 e. The Morgan fingerprint density at radius 1 is 1.37 bits per heavy atom. The van der Waals surface area contributed by atoms with Crippen molar-refractivity contribution in [1.29, 1.82) is 0 Å². The maximum absolute atomic E-state index is 6.27. The van der Waals surface area contributed by atoms with Crippen molar-refractivity contribution in [3.63, 3.8) is 0 Å². The summed E-state index contributed by atoms with van der Waals surface area (Å²) in [6, 6.07) is 5.94. The fraction of sp³-hybridized carbons (Fsp3) is 0.357. The van der Waals surface area contributed by atoms with Crippen LogP contribution in [0.4, 0.5) is 5.95 Å². The van der Waals surface area contributed by atoms with Gasteiger partial charge >= 0.3 is 0 Å². The van der Waals surface area contributed by atoms with Gasteiger partial charge in [-0.2, -0.15) is 0 Å². The molecule has 0 unspecified atom stereocenters. The summed E-state index contributed by atoms with van der Waals surface area (Å²) < 4.78 is 7.01. The molecule has 0 bridgehead atoms. The van der Waals surface area contributed by atoms with Crippen LogP contribution in [-0.2, 0) is 4.74 Å². The van der Waals surface area contributed by atoms with E-state index in [0.29, 0.717) is 18.2 Å². The average molecular weight is 280 g/mol. The number of methoxy groups -OCH3 is 1. The summed E-state index contributed by atoms with van der Waals surface area (Å²) in [6.07, 6.45) is 1.97. The van der Waals surface area contributed by atoms with E-state index >= 15 is 0 Å². The Bertz CT molecular complexity index is 566. The van der Waals surface area contributed by atoms with Crippen molar-refractivity contribution in [2.75, 3.05) is 25.6 Å². The van der Waals surface area contributed by atoms with E-state index in [4.69, 9.17) is 16.3 Å². The van der Waals surface area contributed by atoms with Crippen LogP contribution in [0.2, 0.25) is 5.02 Å². The summed E-state index contributed by atoms with van der Waals surface area (Å²) in [5.41, 5.74) is 3.04. The standard InChI is InChI=1S/C14H18ClN3O/c1-10-4-5-12(15)13(8-10)18-9-11(2)17-14(18)16-6-7-19-3/h4-5,8-9H,6-7H2,1-3H3,(H,16,17). The molecule has 0 spiro atoms. The first-order chi connectivity index (χ1) is 9.11. The van der Waals surface area contributed by atoms with E-state index in [1.807, 2.05) is 42.8 Å². The minimum Gasteiger partial charge on any atom is -0.383 e. The van der Waals surface area contributed by atoms with Crippen LogP contribution < -0.4 is 5.32 Å². The molecular weight excluding hydrogens is 262 g/mol. The molecular formula is C14H18ClN3O. The Morgan fingerprint density at radius 3 is 2.89 bits per heavy atom. The highest BCUT2D eigenvalue weighted by atomic mass is 35.5. The van der Waals surface area contributed by atoms with Gasteiger partial charge < -0.3 is 10.1 Å². The van der Waals surface area contributed by atoms with Gasteiger partial charge in [0.2, 0.25) is 5.95 Å². The van der Waals surface area contributed by atoms with Gasteiger partial charge in [-0.15, -0.1) is 0 Å². The molecule has 1 heterocycles. The summed E-state index contributed by atoms with van der Waals surface area (Å²) in [4.78, 5) is 4.47. The molecule has 0 saturated carbocycles. The quantitative estimate of drug-likeness (QED) is 0.855. The van der Waals surface area contributed by atoms with Crippen molar-refractivity contribution in [3.8, 4) is 5.69 Å². The van der Waals surface area contributed by atoms with Crippen molar-refractivity contribution in [1.82, 2.24) is 9.55 Å². The Morgan fingerprint density at radius 2 is 2.16 bits per heavy atom. The summed E-state index contributed by atoms with van der Waals surface area (Å²) in [7, 11) is 1.68. The number of nitrogens with zero attached hydrogens (tertiary/aromatic N) is 2. The Kier molecular flexibility index (Phi) is 4.45. The van der Waals surface area contributed by atoms with E-state index in [2.05, 4.69) is 10.3 Å². The van der Waals surface area contributed by atoms with Gasteiger partial charge in [0.25, 0.3) is 0 Å². The molecule has 0 aliphatic rings. The number of rotatable bonds is 5. The second-order valence-corrected chi connectivity index (χ2v) is 4.86. The maximum atomic E-state index is 6.27. The molecule has 1 aromatic heterocycles. The van der Waals surface area contributed by atoms with Crippen LogP contribution in [0.1, 0.15) is 11.3 Å². The molecule has 0 fully saturated rings. The lowest BCUT2D eigenvalue weighted by Crippen LogP contribution is -2.11. The van der Waals surface area contributed by atoms with Gasteiger partial charge in [-0.1, -0.05) is 17.7 Å². The van der Waals surface area contributed by atoms with E-state index < -0.39 is 0 Å². The number of hydrogen-bond donors (Lipinski definition) is 1. The van der Waals surface area contributed by atoms with Crippen LogP contribution in [0, 0.1) is 13.8 Å². The third kappa shape index (κ3) is 3.28. The Labute approximate surface area is 118 Å². The zero-order chi connectivity index (χ0) is 13.8. The van der Waals surface area contributed by atoms with E-state index in [-0.39, 0.29) is 0 Å². The molecule has 1 aromatic carbocycles. The molecule has 4 nitrogen and oxygen atoms in total. The molecule has 19 heavy (non-hydrogen) atoms. The number of halogens is 1. The molecule has 102 valence electrons. The Balaban J connectivity index is 2.35. The highest BCUT2D eigenvalue weighted by Crippen LogP contribution is 2.25. The molecule has 2 rings (SSSR count). The van der Waals surface area contributed by atoms with E-state index in [1.54, 1.807) is 7.11 Å². The van der Waals surface area contributed by atoms with Gasteiger partial charge in [-0.3, -0.25) is 4.57 Å². The maximum Gasteiger partial charge on any atom is 0.207 e. The lowest BCUT2D eigenvalue weighted by Gasteiger charge is -2.11. The van der Waals surface area contributed by atoms with E-state index in [0.717, 1.165) is 22.9 Å². The molecule has 0 radical (unpaired) electrons. The van der Waals surface area contributed by atoms with Crippen LogP contribution in [-0.4, -0.2) is 29.8 Å². The van der Waals surface area contributed by atoms with Gasteiger partial charge in [0.05, 0.1) is 23.0 Å². The average Bonchev–Trinajstić information content (AvgIpc) is 2.74. The largest absolute Gasteiger partial charge is 0.383 e. The highest BCUT2D eigenvalue weighted by Gasteiger charge is 2.10. The van der Waals surface area contributed by atoms with Crippen molar-refractivity contribution in [3.05, 3.63) is 40.7 Å². The molecule has 0 aliphatic carbocycles.